The number of aryl methyl sites for hydroxylation is 2. The normalized spacial score (nSPS) is 12.4. The van der Waals surface area contributed by atoms with Crippen LogP contribution in [-0.4, -0.2) is 63.8 Å². The Morgan fingerprint density at radius 1 is 0.600 bits per heavy atom. The van der Waals surface area contributed by atoms with Gasteiger partial charge in [0.25, 0.3) is 0 Å². The van der Waals surface area contributed by atoms with E-state index in [0.29, 0.717) is 37.6 Å². The molecule has 3 rings (SSSR count). The van der Waals surface area contributed by atoms with E-state index in [2.05, 4.69) is 39.1 Å². The van der Waals surface area contributed by atoms with E-state index in [1.165, 1.54) is 0 Å². The van der Waals surface area contributed by atoms with Gasteiger partial charge in [0.2, 0.25) is 0 Å². The van der Waals surface area contributed by atoms with E-state index >= 15 is 0 Å². The van der Waals surface area contributed by atoms with Gasteiger partial charge in [0, 0.05) is 34.4 Å². The second-order valence-electron chi connectivity index (χ2n) is 12.9. The number of rotatable bonds is 26. The molecule has 0 N–H and O–H groups in total. The standard InChI is InChI=1S/C42H58O8/c1-7-11-13-15-17-39(43)49-33(27-45-23-9-3)29-47-41-35-21-19-32(6)26-38(35)42(36-22-20-31(5)25-37(36)41)48-30-34(28-46-24-10-4)50-40(44)18-16-14-12-8-2/h9-10,19-22,25-26,33-34H,3-4,7-8,11-18,23-24,27-30H2,1-2,5-6H3. The average molecular weight is 691 g/mol. The van der Waals surface area contributed by atoms with Crippen LogP contribution in [0.2, 0.25) is 0 Å². The molecule has 0 radical (unpaired) electrons. The molecule has 0 spiro atoms. The topological polar surface area (TPSA) is 89.5 Å². The minimum Gasteiger partial charge on any atom is -0.488 e. The van der Waals surface area contributed by atoms with Gasteiger partial charge < -0.3 is 28.4 Å². The number of hydrogen-bond donors (Lipinski definition) is 0. The van der Waals surface area contributed by atoms with Gasteiger partial charge in [0.1, 0.15) is 24.7 Å². The van der Waals surface area contributed by atoms with E-state index in [9.17, 15) is 9.59 Å². The Kier molecular flexibility index (Phi) is 18.5. The predicted molar refractivity (Wildman–Crippen MR) is 201 cm³/mol. The Labute approximate surface area is 299 Å². The van der Waals surface area contributed by atoms with Gasteiger partial charge in [-0.05, 0) is 38.8 Å². The van der Waals surface area contributed by atoms with Gasteiger partial charge in [0.15, 0.2) is 12.2 Å². The van der Waals surface area contributed by atoms with Crippen LogP contribution in [0.15, 0.2) is 61.7 Å². The van der Waals surface area contributed by atoms with Crippen LogP contribution in [0.5, 0.6) is 11.5 Å². The third-order valence-corrected chi connectivity index (χ3v) is 8.30. The SMILES string of the molecule is C=CCOCC(COc1c2ccc(C)cc2c(OCC(COCC=C)OC(=O)CCCCCC)c2ccc(C)cc12)OC(=O)CCCCCC. The monoisotopic (exact) mass is 690 g/mol. The third-order valence-electron chi connectivity index (χ3n) is 8.30. The summed E-state index contributed by atoms with van der Waals surface area (Å²) in [5.41, 5.74) is 2.11. The molecule has 0 aliphatic rings. The third kappa shape index (κ3) is 13.4. The van der Waals surface area contributed by atoms with E-state index in [-0.39, 0.29) is 38.4 Å². The maximum Gasteiger partial charge on any atom is 0.306 e. The molecule has 3 aromatic rings. The van der Waals surface area contributed by atoms with Crippen LogP contribution in [-0.2, 0) is 28.5 Å². The summed E-state index contributed by atoms with van der Waals surface area (Å²) in [5.74, 6) is 0.830. The molecule has 0 aromatic heterocycles. The highest BCUT2D eigenvalue weighted by atomic mass is 16.6. The molecule has 0 amide bonds. The molecule has 0 aliphatic carbocycles. The molecule has 0 saturated heterocycles. The Hall–Kier alpha value is -3.88. The van der Waals surface area contributed by atoms with Gasteiger partial charge in [-0.25, -0.2) is 0 Å². The molecule has 8 nitrogen and oxygen atoms in total. The summed E-state index contributed by atoms with van der Waals surface area (Å²) >= 11 is 0. The van der Waals surface area contributed by atoms with E-state index in [0.717, 1.165) is 84.0 Å². The molecule has 0 fully saturated rings. The van der Waals surface area contributed by atoms with Crippen LogP contribution < -0.4 is 9.47 Å². The van der Waals surface area contributed by atoms with Crippen LogP contribution in [0.4, 0.5) is 0 Å². The largest absolute Gasteiger partial charge is 0.488 e. The first kappa shape index (κ1) is 40.5. The van der Waals surface area contributed by atoms with Crippen molar-refractivity contribution in [2.24, 2.45) is 0 Å². The lowest BCUT2D eigenvalue weighted by molar-refractivity contribution is -0.154. The molecule has 50 heavy (non-hydrogen) atoms. The van der Waals surface area contributed by atoms with Crippen molar-refractivity contribution in [3.05, 3.63) is 72.8 Å². The highest BCUT2D eigenvalue weighted by Gasteiger charge is 2.23. The summed E-state index contributed by atoms with van der Waals surface area (Å²) in [6.45, 7) is 17.1. The van der Waals surface area contributed by atoms with Gasteiger partial charge in [0.05, 0.1) is 26.4 Å². The smallest absolute Gasteiger partial charge is 0.306 e. The van der Waals surface area contributed by atoms with Crippen molar-refractivity contribution >= 4 is 33.5 Å². The van der Waals surface area contributed by atoms with Crippen molar-refractivity contribution in [2.75, 3.05) is 39.6 Å². The fraction of sp³-hybridized carbons (Fsp3) is 0.524. The van der Waals surface area contributed by atoms with Crippen LogP contribution in [0.1, 0.15) is 89.2 Å². The second kappa shape index (κ2) is 22.8. The Morgan fingerprint density at radius 3 is 1.40 bits per heavy atom. The molecular weight excluding hydrogens is 632 g/mol. The van der Waals surface area contributed by atoms with Crippen LogP contribution in [0.3, 0.4) is 0 Å². The number of carbonyl (C=O) groups excluding carboxylic acids is 2. The number of carbonyl (C=O) groups is 2. The van der Waals surface area contributed by atoms with E-state index in [4.69, 9.17) is 28.4 Å². The molecule has 8 heteroatoms. The molecule has 2 atom stereocenters. The molecule has 274 valence electrons. The molecule has 0 saturated carbocycles. The van der Waals surface area contributed by atoms with Crippen molar-refractivity contribution < 1.29 is 38.0 Å². The number of benzene rings is 3. The minimum atomic E-state index is -0.599. The van der Waals surface area contributed by atoms with Gasteiger partial charge >= 0.3 is 11.9 Å². The van der Waals surface area contributed by atoms with Gasteiger partial charge in [-0.2, -0.15) is 0 Å². The van der Waals surface area contributed by atoms with Gasteiger partial charge in [-0.1, -0.05) is 99.9 Å². The fourth-order valence-corrected chi connectivity index (χ4v) is 5.72. The minimum absolute atomic E-state index is 0.112. The molecule has 0 heterocycles. The summed E-state index contributed by atoms with van der Waals surface area (Å²) in [4.78, 5) is 25.5. The molecular formula is C42H58O8. The quantitative estimate of drug-likeness (QED) is 0.0356. The lowest BCUT2D eigenvalue weighted by atomic mass is 9.97. The van der Waals surface area contributed by atoms with Gasteiger partial charge in [-0.3, -0.25) is 9.59 Å². The van der Waals surface area contributed by atoms with Crippen LogP contribution in [0, 0.1) is 13.8 Å². The summed E-state index contributed by atoms with van der Waals surface area (Å²) in [6, 6.07) is 12.3. The van der Waals surface area contributed by atoms with Crippen molar-refractivity contribution in [3.8, 4) is 11.5 Å². The van der Waals surface area contributed by atoms with Crippen LogP contribution in [0.25, 0.3) is 21.5 Å². The van der Waals surface area contributed by atoms with Crippen molar-refractivity contribution in [2.45, 2.75) is 104 Å². The van der Waals surface area contributed by atoms with Crippen molar-refractivity contribution in [1.82, 2.24) is 0 Å². The van der Waals surface area contributed by atoms with Gasteiger partial charge in [-0.15, -0.1) is 13.2 Å². The van der Waals surface area contributed by atoms with E-state index in [1.54, 1.807) is 12.2 Å². The first-order valence-electron chi connectivity index (χ1n) is 18.3. The number of hydrogen-bond acceptors (Lipinski definition) is 8. The van der Waals surface area contributed by atoms with Crippen molar-refractivity contribution in [1.29, 1.82) is 0 Å². The maximum atomic E-state index is 12.8. The first-order chi connectivity index (χ1) is 24.3. The summed E-state index contributed by atoms with van der Waals surface area (Å²) in [5, 5.41) is 3.43. The Bertz CT molecular complexity index is 1400. The second-order valence-corrected chi connectivity index (χ2v) is 12.9. The highest BCUT2D eigenvalue weighted by molar-refractivity contribution is 6.11. The molecule has 2 unspecified atom stereocenters. The Balaban J connectivity index is 1.92. The summed E-state index contributed by atoms with van der Waals surface area (Å²) < 4.78 is 36.3. The predicted octanol–water partition coefficient (Wildman–Crippen LogP) is 9.54. The van der Waals surface area contributed by atoms with E-state index < -0.39 is 12.2 Å². The lowest BCUT2D eigenvalue weighted by Gasteiger charge is -2.23. The Morgan fingerprint density at radius 2 is 1.02 bits per heavy atom. The number of unbranched alkanes of at least 4 members (excludes halogenated alkanes) is 6. The van der Waals surface area contributed by atoms with Crippen molar-refractivity contribution in [3.63, 3.8) is 0 Å². The zero-order valence-electron chi connectivity index (χ0n) is 30.8. The summed E-state index contributed by atoms with van der Waals surface area (Å²) in [6.07, 6.45) is 10.8. The molecule has 3 aromatic carbocycles. The fourth-order valence-electron chi connectivity index (χ4n) is 5.72. The maximum absolute atomic E-state index is 12.8. The lowest BCUT2D eigenvalue weighted by Crippen LogP contribution is -2.30. The highest BCUT2D eigenvalue weighted by Crippen LogP contribution is 2.43. The molecule has 0 aliphatic heterocycles. The van der Waals surface area contributed by atoms with Crippen LogP contribution >= 0.6 is 0 Å². The number of ether oxygens (including phenoxy) is 6. The zero-order chi connectivity index (χ0) is 36.1. The number of fused-ring (bicyclic) bond motifs is 2. The number of esters is 2. The zero-order valence-corrected chi connectivity index (χ0v) is 30.8. The summed E-state index contributed by atoms with van der Waals surface area (Å²) in [7, 11) is 0. The van der Waals surface area contributed by atoms with E-state index in [1.807, 2.05) is 38.1 Å². The first-order valence-corrected chi connectivity index (χ1v) is 18.3. The average Bonchev–Trinajstić information content (AvgIpc) is 3.10. The molecule has 0 bridgehead atoms.